The molecule has 0 radical (unpaired) electrons. The molecule has 0 aliphatic rings. The van der Waals surface area contributed by atoms with Crippen LogP contribution in [-0.2, 0) is 6.42 Å². The molecule has 0 spiro atoms. The number of hydrogen-bond acceptors (Lipinski definition) is 3. The Kier molecular flexibility index (Phi) is 4.75. The van der Waals surface area contributed by atoms with Crippen LogP contribution in [0.3, 0.4) is 0 Å². The van der Waals surface area contributed by atoms with Gasteiger partial charge in [0.2, 0.25) is 0 Å². The van der Waals surface area contributed by atoms with Gasteiger partial charge in [-0.25, -0.2) is 0 Å². The van der Waals surface area contributed by atoms with Crippen molar-refractivity contribution in [2.75, 3.05) is 6.54 Å². The maximum absolute atomic E-state index is 6.23. The lowest BCUT2D eigenvalue weighted by Crippen LogP contribution is -2.23. The standard InChI is InChI=1S/C14H17ClN2S/c1-3-16-13(14-11(15)6-8-18-14)9-12-10(2)5-4-7-17-12/h4-8,13,16H,3,9H2,1-2H3. The lowest BCUT2D eigenvalue weighted by molar-refractivity contribution is 0.551. The van der Waals surface area contributed by atoms with E-state index < -0.39 is 0 Å². The average molecular weight is 281 g/mol. The molecule has 4 heteroatoms. The molecule has 2 nitrogen and oxygen atoms in total. The van der Waals surface area contributed by atoms with Gasteiger partial charge in [-0.05, 0) is 36.5 Å². The van der Waals surface area contributed by atoms with Gasteiger partial charge in [0, 0.05) is 29.2 Å². The topological polar surface area (TPSA) is 24.9 Å². The maximum atomic E-state index is 6.23. The minimum Gasteiger partial charge on any atom is -0.309 e. The van der Waals surface area contributed by atoms with Gasteiger partial charge in [-0.2, -0.15) is 0 Å². The van der Waals surface area contributed by atoms with E-state index in [4.69, 9.17) is 11.6 Å². The van der Waals surface area contributed by atoms with Gasteiger partial charge >= 0.3 is 0 Å². The average Bonchev–Trinajstić information content (AvgIpc) is 2.78. The van der Waals surface area contributed by atoms with Gasteiger partial charge in [0.1, 0.15) is 0 Å². The van der Waals surface area contributed by atoms with Gasteiger partial charge in [0.25, 0.3) is 0 Å². The summed E-state index contributed by atoms with van der Waals surface area (Å²) >= 11 is 7.93. The van der Waals surface area contributed by atoms with E-state index in [9.17, 15) is 0 Å². The Hall–Kier alpha value is -0.900. The lowest BCUT2D eigenvalue weighted by Gasteiger charge is -2.17. The number of nitrogens with one attached hydrogen (secondary N) is 1. The third-order valence-electron chi connectivity index (χ3n) is 2.93. The van der Waals surface area contributed by atoms with Crippen LogP contribution in [0.15, 0.2) is 29.8 Å². The highest BCUT2D eigenvalue weighted by molar-refractivity contribution is 7.10. The van der Waals surface area contributed by atoms with Crippen molar-refractivity contribution in [3.05, 3.63) is 50.9 Å². The molecule has 18 heavy (non-hydrogen) atoms. The molecule has 1 unspecified atom stereocenters. The zero-order valence-electron chi connectivity index (χ0n) is 10.6. The fraction of sp³-hybridized carbons (Fsp3) is 0.357. The van der Waals surface area contributed by atoms with Crippen LogP contribution in [0.4, 0.5) is 0 Å². The summed E-state index contributed by atoms with van der Waals surface area (Å²) in [7, 11) is 0. The first-order valence-electron chi connectivity index (χ1n) is 6.09. The molecule has 1 atom stereocenters. The summed E-state index contributed by atoms with van der Waals surface area (Å²) in [6.07, 6.45) is 2.72. The van der Waals surface area contributed by atoms with E-state index in [1.54, 1.807) is 11.3 Å². The molecule has 2 rings (SSSR count). The third-order valence-corrected chi connectivity index (χ3v) is 4.40. The number of halogens is 1. The summed E-state index contributed by atoms with van der Waals surface area (Å²) < 4.78 is 0. The molecule has 0 saturated heterocycles. The molecule has 0 bridgehead atoms. The van der Waals surface area contributed by atoms with Crippen molar-refractivity contribution in [1.29, 1.82) is 0 Å². The molecule has 2 heterocycles. The van der Waals surface area contributed by atoms with Crippen molar-refractivity contribution in [3.8, 4) is 0 Å². The predicted octanol–water partition coefficient (Wildman–Crippen LogP) is 4.00. The molecule has 0 fully saturated rings. The second kappa shape index (κ2) is 6.32. The molecule has 2 aromatic heterocycles. The van der Waals surface area contributed by atoms with E-state index in [1.165, 1.54) is 10.4 Å². The highest BCUT2D eigenvalue weighted by Crippen LogP contribution is 2.30. The number of nitrogens with zero attached hydrogens (tertiary/aromatic N) is 1. The van der Waals surface area contributed by atoms with Crippen LogP contribution < -0.4 is 5.32 Å². The van der Waals surface area contributed by atoms with Crippen molar-refractivity contribution < 1.29 is 0 Å². The van der Waals surface area contributed by atoms with Gasteiger partial charge < -0.3 is 5.32 Å². The summed E-state index contributed by atoms with van der Waals surface area (Å²) in [5.41, 5.74) is 2.36. The third kappa shape index (κ3) is 3.10. The largest absolute Gasteiger partial charge is 0.309 e. The normalized spacial score (nSPS) is 12.6. The second-order valence-electron chi connectivity index (χ2n) is 4.21. The van der Waals surface area contributed by atoms with E-state index in [2.05, 4.69) is 30.2 Å². The van der Waals surface area contributed by atoms with Gasteiger partial charge in [0.15, 0.2) is 0 Å². The first-order chi connectivity index (χ1) is 8.72. The number of aromatic nitrogens is 1. The molecule has 0 amide bonds. The van der Waals surface area contributed by atoms with Crippen LogP contribution in [0.25, 0.3) is 0 Å². The van der Waals surface area contributed by atoms with E-state index in [1.807, 2.05) is 23.7 Å². The fourth-order valence-electron chi connectivity index (χ4n) is 1.98. The summed E-state index contributed by atoms with van der Waals surface area (Å²) in [5.74, 6) is 0. The number of likely N-dealkylation sites (N-methyl/N-ethyl adjacent to an activating group) is 1. The number of rotatable bonds is 5. The summed E-state index contributed by atoms with van der Waals surface area (Å²) in [6.45, 7) is 5.13. The minimum absolute atomic E-state index is 0.246. The zero-order valence-corrected chi connectivity index (χ0v) is 12.2. The molecule has 1 N–H and O–H groups in total. The van der Waals surface area contributed by atoms with Crippen LogP contribution in [0.5, 0.6) is 0 Å². The molecule has 0 aliphatic carbocycles. The quantitative estimate of drug-likeness (QED) is 0.895. The first kappa shape index (κ1) is 13.5. The Bertz CT molecular complexity index is 510. The van der Waals surface area contributed by atoms with Gasteiger partial charge in [-0.1, -0.05) is 24.6 Å². The number of thiophene rings is 1. The van der Waals surface area contributed by atoms with Crippen molar-refractivity contribution in [2.24, 2.45) is 0 Å². The molecule has 0 aromatic carbocycles. The van der Waals surface area contributed by atoms with E-state index in [0.717, 1.165) is 23.7 Å². The van der Waals surface area contributed by atoms with E-state index in [0.29, 0.717) is 0 Å². The monoisotopic (exact) mass is 280 g/mol. The Morgan fingerprint density at radius 2 is 2.28 bits per heavy atom. The first-order valence-corrected chi connectivity index (χ1v) is 7.35. The second-order valence-corrected chi connectivity index (χ2v) is 5.57. The smallest absolute Gasteiger partial charge is 0.0561 e. The van der Waals surface area contributed by atoms with Crippen molar-refractivity contribution >= 4 is 22.9 Å². The van der Waals surface area contributed by atoms with E-state index in [-0.39, 0.29) is 6.04 Å². The number of hydrogen-bond donors (Lipinski definition) is 1. The van der Waals surface area contributed by atoms with Crippen LogP contribution >= 0.6 is 22.9 Å². The molecule has 2 aromatic rings. The summed E-state index contributed by atoms with van der Waals surface area (Å²) in [5, 5.41) is 6.37. The number of aryl methyl sites for hydroxylation is 1. The summed E-state index contributed by atoms with van der Waals surface area (Å²) in [6, 6.07) is 6.27. The summed E-state index contributed by atoms with van der Waals surface area (Å²) in [4.78, 5) is 5.66. The van der Waals surface area contributed by atoms with Crippen LogP contribution in [0.2, 0.25) is 5.02 Å². The molecular weight excluding hydrogens is 264 g/mol. The fourth-order valence-corrected chi connectivity index (χ4v) is 3.25. The Labute approximate surface area is 117 Å². The van der Waals surface area contributed by atoms with Crippen molar-refractivity contribution in [1.82, 2.24) is 10.3 Å². The highest BCUT2D eigenvalue weighted by atomic mass is 35.5. The molecular formula is C14H17ClN2S. The predicted molar refractivity (Wildman–Crippen MR) is 78.4 cm³/mol. The Morgan fingerprint density at radius 1 is 1.44 bits per heavy atom. The molecule has 0 saturated carbocycles. The van der Waals surface area contributed by atoms with Crippen LogP contribution in [0.1, 0.15) is 29.1 Å². The minimum atomic E-state index is 0.246. The van der Waals surface area contributed by atoms with Gasteiger partial charge in [0.05, 0.1) is 5.02 Å². The zero-order chi connectivity index (χ0) is 13.0. The number of pyridine rings is 1. The van der Waals surface area contributed by atoms with E-state index >= 15 is 0 Å². The van der Waals surface area contributed by atoms with Gasteiger partial charge in [-0.3, -0.25) is 4.98 Å². The Balaban J connectivity index is 2.22. The van der Waals surface area contributed by atoms with Crippen molar-refractivity contribution in [3.63, 3.8) is 0 Å². The molecule has 96 valence electrons. The van der Waals surface area contributed by atoms with Crippen LogP contribution in [-0.4, -0.2) is 11.5 Å². The van der Waals surface area contributed by atoms with Crippen LogP contribution in [0, 0.1) is 6.92 Å². The lowest BCUT2D eigenvalue weighted by atomic mass is 10.1. The highest BCUT2D eigenvalue weighted by Gasteiger charge is 2.17. The van der Waals surface area contributed by atoms with Crippen molar-refractivity contribution in [2.45, 2.75) is 26.3 Å². The SMILES string of the molecule is CCNC(Cc1ncccc1C)c1sccc1Cl. The van der Waals surface area contributed by atoms with Gasteiger partial charge in [-0.15, -0.1) is 11.3 Å². The maximum Gasteiger partial charge on any atom is 0.0561 e. The molecule has 0 aliphatic heterocycles. The Morgan fingerprint density at radius 3 is 2.89 bits per heavy atom.